The monoisotopic (exact) mass is 285 g/mol. The fraction of sp³-hybridized carbons (Fsp3) is 0.333. The highest BCUT2D eigenvalue weighted by Gasteiger charge is 2.09. The van der Waals surface area contributed by atoms with Crippen molar-refractivity contribution in [1.82, 2.24) is 0 Å². The van der Waals surface area contributed by atoms with E-state index in [0.29, 0.717) is 6.61 Å². The molecule has 0 amide bonds. The summed E-state index contributed by atoms with van der Waals surface area (Å²) < 4.78 is 11.6. The molecule has 0 saturated heterocycles. The van der Waals surface area contributed by atoms with Gasteiger partial charge in [0.25, 0.3) is 0 Å². The number of rotatable bonds is 8. The number of para-hydroxylation sites is 3. The van der Waals surface area contributed by atoms with E-state index in [9.17, 15) is 0 Å². The van der Waals surface area contributed by atoms with Gasteiger partial charge in [0.05, 0.1) is 18.8 Å². The SMILES string of the molecule is CCOc1ccccc1NCC(CC)Oc1ccccc1. The number of nitrogens with one attached hydrogen (secondary N) is 1. The normalized spacial score (nSPS) is 11.7. The first-order valence-electron chi connectivity index (χ1n) is 7.50. The van der Waals surface area contributed by atoms with Crippen molar-refractivity contribution in [2.45, 2.75) is 26.4 Å². The zero-order valence-corrected chi connectivity index (χ0v) is 12.7. The molecule has 0 fully saturated rings. The average molecular weight is 285 g/mol. The van der Waals surface area contributed by atoms with Crippen LogP contribution in [0.15, 0.2) is 54.6 Å². The van der Waals surface area contributed by atoms with E-state index in [-0.39, 0.29) is 6.10 Å². The zero-order chi connectivity index (χ0) is 14.9. The lowest BCUT2D eigenvalue weighted by Gasteiger charge is -2.20. The smallest absolute Gasteiger partial charge is 0.142 e. The quantitative estimate of drug-likeness (QED) is 0.782. The van der Waals surface area contributed by atoms with Crippen LogP contribution < -0.4 is 14.8 Å². The highest BCUT2D eigenvalue weighted by molar-refractivity contribution is 5.56. The summed E-state index contributed by atoms with van der Waals surface area (Å²) in [6, 6.07) is 17.9. The minimum Gasteiger partial charge on any atom is -0.492 e. The Morgan fingerprint density at radius 2 is 1.67 bits per heavy atom. The first-order chi connectivity index (χ1) is 10.3. The Kier molecular flexibility index (Phi) is 5.95. The molecular formula is C18H23NO2. The van der Waals surface area contributed by atoms with Crippen LogP contribution in [0.3, 0.4) is 0 Å². The second-order valence-electron chi connectivity index (χ2n) is 4.77. The van der Waals surface area contributed by atoms with Crippen LogP contribution in [-0.4, -0.2) is 19.3 Å². The van der Waals surface area contributed by atoms with Gasteiger partial charge in [0, 0.05) is 0 Å². The van der Waals surface area contributed by atoms with Crippen molar-refractivity contribution in [3.05, 3.63) is 54.6 Å². The van der Waals surface area contributed by atoms with Gasteiger partial charge in [0.15, 0.2) is 0 Å². The molecule has 0 bridgehead atoms. The van der Waals surface area contributed by atoms with E-state index in [4.69, 9.17) is 9.47 Å². The maximum absolute atomic E-state index is 5.98. The van der Waals surface area contributed by atoms with Gasteiger partial charge in [-0.3, -0.25) is 0 Å². The molecule has 0 heterocycles. The van der Waals surface area contributed by atoms with E-state index in [2.05, 4.69) is 12.2 Å². The van der Waals surface area contributed by atoms with Crippen molar-refractivity contribution in [3.63, 3.8) is 0 Å². The molecule has 2 aromatic carbocycles. The van der Waals surface area contributed by atoms with Gasteiger partial charge < -0.3 is 14.8 Å². The minimum absolute atomic E-state index is 0.127. The Bertz CT molecular complexity index is 528. The molecular weight excluding hydrogens is 262 g/mol. The van der Waals surface area contributed by atoms with E-state index in [1.165, 1.54) is 0 Å². The molecule has 1 atom stereocenters. The van der Waals surface area contributed by atoms with E-state index in [1.54, 1.807) is 0 Å². The van der Waals surface area contributed by atoms with Gasteiger partial charge in [-0.15, -0.1) is 0 Å². The molecule has 21 heavy (non-hydrogen) atoms. The minimum atomic E-state index is 0.127. The van der Waals surface area contributed by atoms with Gasteiger partial charge in [-0.1, -0.05) is 37.3 Å². The van der Waals surface area contributed by atoms with E-state index in [0.717, 1.165) is 30.2 Å². The first kappa shape index (κ1) is 15.2. The number of hydrogen-bond acceptors (Lipinski definition) is 3. The maximum atomic E-state index is 5.98. The van der Waals surface area contributed by atoms with Gasteiger partial charge in [-0.25, -0.2) is 0 Å². The third kappa shape index (κ3) is 4.71. The highest BCUT2D eigenvalue weighted by atomic mass is 16.5. The predicted octanol–water partition coefficient (Wildman–Crippen LogP) is 4.35. The lowest BCUT2D eigenvalue weighted by molar-refractivity contribution is 0.210. The molecule has 1 N–H and O–H groups in total. The topological polar surface area (TPSA) is 30.5 Å². The van der Waals surface area contributed by atoms with Crippen LogP contribution in [0.2, 0.25) is 0 Å². The Morgan fingerprint density at radius 1 is 0.952 bits per heavy atom. The molecule has 112 valence electrons. The van der Waals surface area contributed by atoms with Crippen LogP contribution in [0.1, 0.15) is 20.3 Å². The Hall–Kier alpha value is -2.16. The highest BCUT2D eigenvalue weighted by Crippen LogP contribution is 2.24. The lowest BCUT2D eigenvalue weighted by Crippen LogP contribution is -2.25. The molecule has 0 saturated carbocycles. The molecule has 0 spiro atoms. The molecule has 1 unspecified atom stereocenters. The molecule has 0 aliphatic rings. The van der Waals surface area contributed by atoms with Crippen LogP contribution in [0.4, 0.5) is 5.69 Å². The molecule has 0 aromatic heterocycles. The van der Waals surface area contributed by atoms with Gasteiger partial charge in [-0.05, 0) is 37.6 Å². The summed E-state index contributed by atoms with van der Waals surface area (Å²) in [5.41, 5.74) is 1.01. The Morgan fingerprint density at radius 3 is 2.38 bits per heavy atom. The summed E-state index contributed by atoms with van der Waals surface area (Å²) in [4.78, 5) is 0. The van der Waals surface area contributed by atoms with Crippen molar-refractivity contribution in [2.75, 3.05) is 18.5 Å². The molecule has 3 nitrogen and oxygen atoms in total. The van der Waals surface area contributed by atoms with Crippen LogP contribution in [0, 0.1) is 0 Å². The van der Waals surface area contributed by atoms with Crippen molar-refractivity contribution in [2.24, 2.45) is 0 Å². The number of benzene rings is 2. The summed E-state index contributed by atoms with van der Waals surface area (Å²) in [6.45, 7) is 5.53. The molecule has 0 aliphatic heterocycles. The van der Waals surface area contributed by atoms with Crippen LogP contribution >= 0.6 is 0 Å². The summed E-state index contributed by atoms with van der Waals surface area (Å²) >= 11 is 0. The fourth-order valence-electron chi connectivity index (χ4n) is 2.08. The third-order valence-corrected chi connectivity index (χ3v) is 3.21. The molecule has 2 rings (SSSR count). The Balaban J connectivity index is 1.94. The summed E-state index contributed by atoms with van der Waals surface area (Å²) in [5.74, 6) is 1.79. The van der Waals surface area contributed by atoms with Gasteiger partial charge in [0.2, 0.25) is 0 Å². The summed E-state index contributed by atoms with van der Waals surface area (Å²) in [7, 11) is 0. The molecule has 3 heteroatoms. The molecule has 0 radical (unpaired) electrons. The number of anilines is 1. The predicted molar refractivity (Wildman–Crippen MR) is 87.2 cm³/mol. The van der Waals surface area contributed by atoms with Crippen molar-refractivity contribution < 1.29 is 9.47 Å². The zero-order valence-electron chi connectivity index (χ0n) is 12.7. The van der Waals surface area contributed by atoms with Crippen LogP contribution in [0.5, 0.6) is 11.5 Å². The first-order valence-corrected chi connectivity index (χ1v) is 7.50. The Labute approximate surface area is 126 Å². The lowest BCUT2D eigenvalue weighted by atomic mass is 10.2. The third-order valence-electron chi connectivity index (χ3n) is 3.21. The van der Waals surface area contributed by atoms with E-state index >= 15 is 0 Å². The second-order valence-corrected chi connectivity index (χ2v) is 4.77. The van der Waals surface area contributed by atoms with Crippen LogP contribution in [-0.2, 0) is 0 Å². The largest absolute Gasteiger partial charge is 0.492 e. The van der Waals surface area contributed by atoms with Crippen molar-refractivity contribution in [3.8, 4) is 11.5 Å². The van der Waals surface area contributed by atoms with Crippen molar-refractivity contribution in [1.29, 1.82) is 0 Å². The van der Waals surface area contributed by atoms with E-state index in [1.807, 2.05) is 61.5 Å². The van der Waals surface area contributed by atoms with Gasteiger partial charge >= 0.3 is 0 Å². The van der Waals surface area contributed by atoms with Crippen molar-refractivity contribution >= 4 is 5.69 Å². The van der Waals surface area contributed by atoms with Crippen LogP contribution in [0.25, 0.3) is 0 Å². The average Bonchev–Trinajstić information content (AvgIpc) is 2.54. The number of hydrogen-bond donors (Lipinski definition) is 1. The maximum Gasteiger partial charge on any atom is 0.142 e. The van der Waals surface area contributed by atoms with Gasteiger partial charge in [-0.2, -0.15) is 0 Å². The standard InChI is InChI=1S/C18H23NO2/c1-3-15(21-16-10-6-5-7-11-16)14-19-17-12-8-9-13-18(17)20-4-2/h5-13,15,19H,3-4,14H2,1-2H3. The fourth-order valence-corrected chi connectivity index (χ4v) is 2.08. The summed E-state index contributed by atoms with van der Waals surface area (Å²) in [6.07, 6.45) is 1.07. The summed E-state index contributed by atoms with van der Waals surface area (Å²) in [5, 5.41) is 3.42. The molecule has 2 aromatic rings. The number of ether oxygens (including phenoxy) is 2. The second kappa shape index (κ2) is 8.20. The molecule has 0 aliphatic carbocycles. The van der Waals surface area contributed by atoms with E-state index < -0.39 is 0 Å². The van der Waals surface area contributed by atoms with Gasteiger partial charge in [0.1, 0.15) is 17.6 Å².